The van der Waals surface area contributed by atoms with E-state index in [1.165, 1.54) is 12.1 Å². The smallest absolute Gasteiger partial charge is 0.268 e. The van der Waals surface area contributed by atoms with Gasteiger partial charge in [-0.1, -0.05) is 52.3 Å². The Bertz CT molecular complexity index is 972. The van der Waals surface area contributed by atoms with Crippen molar-refractivity contribution in [3.63, 3.8) is 0 Å². The van der Waals surface area contributed by atoms with Crippen molar-refractivity contribution >= 4 is 37.5 Å². The van der Waals surface area contributed by atoms with Gasteiger partial charge in [-0.15, -0.1) is 0 Å². The van der Waals surface area contributed by atoms with Crippen LogP contribution in [0.3, 0.4) is 0 Å². The van der Waals surface area contributed by atoms with E-state index in [-0.39, 0.29) is 4.90 Å². The largest absolute Gasteiger partial charge is 0.272 e. The van der Waals surface area contributed by atoms with Gasteiger partial charge >= 0.3 is 0 Å². The van der Waals surface area contributed by atoms with E-state index in [0.717, 1.165) is 8.78 Å². The summed E-state index contributed by atoms with van der Waals surface area (Å²) in [6.07, 6.45) is 0. The number of benzene rings is 3. The number of anilines is 1. The maximum atomic E-state index is 13.1. The minimum absolute atomic E-state index is 0.0452. The highest BCUT2D eigenvalue weighted by molar-refractivity contribution is 9.10. The van der Waals surface area contributed by atoms with Gasteiger partial charge in [0.05, 0.1) is 10.6 Å². The fourth-order valence-electron chi connectivity index (χ4n) is 2.34. The fraction of sp³-hybridized carbons (Fsp3) is 0. The van der Waals surface area contributed by atoms with E-state index in [1.54, 1.807) is 72.8 Å². The van der Waals surface area contributed by atoms with Gasteiger partial charge in [-0.2, -0.15) is 4.31 Å². The summed E-state index contributed by atoms with van der Waals surface area (Å²) in [5.41, 5.74) is 0.589. The summed E-state index contributed by atoms with van der Waals surface area (Å²) in [6.45, 7) is 0. The summed E-state index contributed by atoms with van der Waals surface area (Å²) < 4.78 is 27.9. The van der Waals surface area contributed by atoms with Crippen LogP contribution in [-0.2, 0) is 10.0 Å². The van der Waals surface area contributed by atoms with E-state index in [2.05, 4.69) is 15.9 Å². The van der Waals surface area contributed by atoms with Crippen LogP contribution in [0.25, 0.3) is 0 Å². The molecule has 0 aliphatic carbocycles. The highest BCUT2D eigenvalue weighted by Gasteiger charge is 2.31. The Morgan fingerprint density at radius 3 is 1.84 bits per heavy atom. The van der Waals surface area contributed by atoms with Crippen molar-refractivity contribution < 1.29 is 13.2 Å². The van der Waals surface area contributed by atoms with Gasteiger partial charge in [-0.3, -0.25) is 4.79 Å². The molecule has 0 bridgehead atoms. The van der Waals surface area contributed by atoms with Crippen LogP contribution in [0, 0.1) is 0 Å². The number of amides is 1. The van der Waals surface area contributed by atoms with Crippen LogP contribution >= 0.6 is 15.9 Å². The number of nitrogens with zero attached hydrogens (tertiary/aromatic N) is 1. The predicted octanol–water partition coefficient (Wildman–Crippen LogP) is 4.48. The minimum atomic E-state index is -4.06. The lowest BCUT2D eigenvalue weighted by Crippen LogP contribution is -2.37. The normalized spacial score (nSPS) is 11.1. The lowest BCUT2D eigenvalue weighted by Gasteiger charge is -2.22. The minimum Gasteiger partial charge on any atom is -0.268 e. The van der Waals surface area contributed by atoms with Gasteiger partial charge in [0.1, 0.15) is 0 Å². The molecule has 0 spiro atoms. The fourth-order valence-corrected chi connectivity index (χ4v) is 4.02. The third kappa shape index (κ3) is 3.65. The molecule has 3 aromatic carbocycles. The molecule has 0 aliphatic heterocycles. The van der Waals surface area contributed by atoms with Gasteiger partial charge in [0, 0.05) is 10.0 Å². The average Bonchev–Trinajstić information content (AvgIpc) is 2.63. The molecule has 0 unspecified atom stereocenters. The second-order valence-electron chi connectivity index (χ2n) is 5.23. The molecular formula is C19H14BrNO3S. The number of halogens is 1. The van der Waals surface area contributed by atoms with Crippen molar-refractivity contribution in [2.75, 3.05) is 4.31 Å². The number of para-hydroxylation sites is 1. The highest BCUT2D eigenvalue weighted by Crippen LogP contribution is 2.26. The Kier molecular flexibility index (Phi) is 5.01. The summed E-state index contributed by atoms with van der Waals surface area (Å²) >= 11 is 3.28. The Balaban J connectivity index is 2.15. The van der Waals surface area contributed by atoms with Crippen molar-refractivity contribution in [2.24, 2.45) is 0 Å². The quantitative estimate of drug-likeness (QED) is 0.630. The molecule has 0 aromatic heterocycles. The maximum absolute atomic E-state index is 13.1. The molecule has 3 aromatic rings. The number of carbonyl (C=O) groups excluding carboxylic acids is 1. The van der Waals surface area contributed by atoms with Gasteiger partial charge < -0.3 is 0 Å². The number of carbonyl (C=O) groups is 1. The first-order chi connectivity index (χ1) is 12.0. The number of rotatable bonds is 4. The van der Waals surface area contributed by atoms with E-state index < -0.39 is 15.9 Å². The third-order valence-corrected chi connectivity index (χ3v) is 5.80. The first-order valence-corrected chi connectivity index (χ1v) is 9.69. The first kappa shape index (κ1) is 17.4. The molecule has 0 radical (unpaired) electrons. The molecule has 0 fully saturated rings. The standard InChI is InChI=1S/C19H14BrNO3S/c20-16-11-13-18(14-12-16)25(23,24)21(17-9-5-2-6-10-17)19(22)15-7-3-1-4-8-15/h1-14H. The Hall–Kier alpha value is -2.44. The van der Waals surface area contributed by atoms with E-state index in [1.807, 2.05) is 0 Å². The maximum Gasteiger partial charge on any atom is 0.272 e. The van der Waals surface area contributed by atoms with Gasteiger partial charge in [-0.25, -0.2) is 8.42 Å². The zero-order chi connectivity index (χ0) is 17.9. The van der Waals surface area contributed by atoms with E-state index in [4.69, 9.17) is 0 Å². The third-order valence-electron chi connectivity index (χ3n) is 3.55. The van der Waals surface area contributed by atoms with Crippen molar-refractivity contribution in [3.8, 4) is 0 Å². The van der Waals surface area contributed by atoms with Gasteiger partial charge in [0.25, 0.3) is 15.9 Å². The predicted molar refractivity (Wildman–Crippen MR) is 101 cm³/mol. The highest BCUT2D eigenvalue weighted by atomic mass is 79.9. The summed E-state index contributed by atoms with van der Waals surface area (Å²) in [5, 5.41) is 0. The number of hydrogen-bond donors (Lipinski definition) is 0. The molecule has 4 nitrogen and oxygen atoms in total. The van der Waals surface area contributed by atoms with Crippen LogP contribution in [0.15, 0.2) is 94.3 Å². The molecule has 25 heavy (non-hydrogen) atoms. The lowest BCUT2D eigenvalue weighted by atomic mass is 10.2. The lowest BCUT2D eigenvalue weighted by molar-refractivity contribution is 0.101. The Labute approximate surface area is 154 Å². The van der Waals surface area contributed by atoms with E-state index in [0.29, 0.717) is 11.3 Å². The van der Waals surface area contributed by atoms with Crippen LogP contribution < -0.4 is 4.31 Å². The molecular weight excluding hydrogens is 402 g/mol. The van der Waals surface area contributed by atoms with Crippen molar-refractivity contribution in [1.29, 1.82) is 0 Å². The van der Waals surface area contributed by atoms with Gasteiger partial charge in [-0.05, 0) is 48.5 Å². The topological polar surface area (TPSA) is 54.5 Å². The molecule has 0 aliphatic rings. The van der Waals surface area contributed by atoms with Crippen LogP contribution in [-0.4, -0.2) is 14.3 Å². The SMILES string of the molecule is O=C(c1ccccc1)N(c1ccccc1)S(=O)(=O)c1ccc(Br)cc1. The summed E-state index contributed by atoms with van der Waals surface area (Å²) in [4.78, 5) is 13.0. The monoisotopic (exact) mass is 415 g/mol. The second-order valence-corrected chi connectivity index (χ2v) is 7.93. The van der Waals surface area contributed by atoms with Crippen LogP contribution in [0.5, 0.6) is 0 Å². The van der Waals surface area contributed by atoms with Crippen molar-refractivity contribution in [3.05, 3.63) is 95.0 Å². The van der Waals surface area contributed by atoms with Gasteiger partial charge in [0.15, 0.2) is 0 Å². The summed E-state index contributed by atoms with van der Waals surface area (Å²) in [6, 6.07) is 22.9. The van der Waals surface area contributed by atoms with Gasteiger partial charge in [0.2, 0.25) is 0 Å². The van der Waals surface area contributed by atoms with Crippen molar-refractivity contribution in [2.45, 2.75) is 4.90 Å². The zero-order valence-electron chi connectivity index (χ0n) is 13.0. The van der Waals surface area contributed by atoms with Crippen LogP contribution in [0.2, 0.25) is 0 Å². The van der Waals surface area contributed by atoms with Crippen LogP contribution in [0.4, 0.5) is 5.69 Å². The van der Waals surface area contributed by atoms with Crippen molar-refractivity contribution in [1.82, 2.24) is 0 Å². The Morgan fingerprint density at radius 1 is 0.760 bits per heavy atom. The molecule has 0 N–H and O–H groups in total. The average molecular weight is 416 g/mol. The molecule has 1 amide bonds. The van der Waals surface area contributed by atoms with E-state index >= 15 is 0 Å². The molecule has 3 rings (SSSR count). The number of sulfonamides is 1. The van der Waals surface area contributed by atoms with E-state index in [9.17, 15) is 13.2 Å². The summed E-state index contributed by atoms with van der Waals surface area (Å²) in [7, 11) is -4.06. The molecule has 6 heteroatoms. The molecule has 0 atom stereocenters. The molecule has 0 saturated heterocycles. The Morgan fingerprint density at radius 2 is 1.28 bits per heavy atom. The molecule has 0 saturated carbocycles. The molecule has 0 heterocycles. The summed E-state index contributed by atoms with van der Waals surface area (Å²) in [5.74, 6) is -0.602. The molecule has 126 valence electrons. The number of hydrogen-bond acceptors (Lipinski definition) is 3. The second kappa shape index (κ2) is 7.21. The zero-order valence-corrected chi connectivity index (χ0v) is 15.4. The van der Waals surface area contributed by atoms with Crippen LogP contribution in [0.1, 0.15) is 10.4 Å². The first-order valence-electron chi connectivity index (χ1n) is 7.45.